The van der Waals surface area contributed by atoms with E-state index < -0.39 is 0 Å². The van der Waals surface area contributed by atoms with E-state index in [9.17, 15) is 0 Å². The minimum atomic E-state index is 0.664. The molecule has 14 heavy (non-hydrogen) atoms. The Morgan fingerprint density at radius 2 is 1.64 bits per heavy atom. The average molecular weight is 192 g/mol. The smallest absolute Gasteiger partial charge is 0.0204 e. The zero-order valence-electron chi connectivity index (χ0n) is 9.71. The quantitative estimate of drug-likeness (QED) is 0.379. The molecule has 0 bridgehead atoms. The summed E-state index contributed by atoms with van der Waals surface area (Å²) < 4.78 is 0. The lowest BCUT2D eigenvalue weighted by atomic mass is 10.0. The van der Waals surface area contributed by atoms with Crippen molar-refractivity contribution in [1.82, 2.24) is 0 Å². The van der Waals surface area contributed by atoms with Crippen molar-refractivity contribution < 1.29 is 0 Å². The van der Waals surface area contributed by atoms with Crippen LogP contribution >= 0.6 is 0 Å². The largest absolute Gasteiger partial charge is 0.103 e. The second kappa shape index (κ2) is 10.3. The average Bonchev–Trinajstić information content (AvgIpc) is 2.22. The molecule has 0 radical (unpaired) electrons. The number of unbranched alkanes of at least 4 members (excludes halogenated alkanes) is 1. The summed E-state index contributed by atoms with van der Waals surface area (Å²) in [7, 11) is 0. The van der Waals surface area contributed by atoms with E-state index in [1.165, 1.54) is 19.3 Å². The molecule has 0 nitrogen and oxygen atoms in total. The van der Waals surface area contributed by atoms with Crippen LogP contribution in [0.4, 0.5) is 0 Å². The zero-order chi connectivity index (χ0) is 10.6. The molecule has 0 heteroatoms. The molecule has 0 rings (SSSR count). The Bertz CT molecular complexity index is 174. The summed E-state index contributed by atoms with van der Waals surface area (Å²) in [5.74, 6) is 0.664. The molecule has 1 atom stereocenters. The van der Waals surface area contributed by atoms with Crippen molar-refractivity contribution in [2.75, 3.05) is 0 Å². The van der Waals surface area contributed by atoms with E-state index in [0.717, 1.165) is 12.8 Å². The number of hydrogen-bond donors (Lipinski definition) is 0. The van der Waals surface area contributed by atoms with Gasteiger partial charge in [-0.15, -0.1) is 6.58 Å². The van der Waals surface area contributed by atoms with Crippen LogP contribution in [0.15, 0.2) is 37.0 Å². The first kappa shape index (κ1) is 13.2. The van der Waals surface area contributed by atoms with Gasteiger partial charge in [0.2, 0.25) is 0 Å². The van der Waals surface area contributed by atoms with Crippen LogP contribution in [0.2, 0.25) is 0 Å². The number of rotatable bonds is 8. The number of hydrogen-bond acceptors (Lipinski definition) is 0. The van der Waals surface area contributed by atoms with Crippen LogP contribution < -0.4 is 0 Å². The van der Waals surface area contributed by atoms with Crippen molar-refractivity contribution in [2.45, 2.75) is 46.0 Å². The van der Waals surface area contributed by atoms with Crippen LogP contribution in [-0.4, -0.2) is 0 Å². The number of allylic oxidation sites excluding steroid dienone is 5. The van der Waals surface area contributed by atoms with E-state index in [4.69, 9.17) is 0 Å². The highest BCUT2D eigenvalue weighted by atomic mass is 14.0. The van der Waals surface area contributed by atoms with Crippen molar-refractivity contribution in [3.8, 4) is 0 Å². The van der Waals surface area contributed by atoms with Gasteiger partial charge >= 0.3 is 0 Å². The van der Waals surface area contributed by atoms with E-state index in [1.807, 2.05) is 0 Å². The van der Waals surface area contributed by atoms with Gasteiger partial charge in [-0.25, -0.2) is 0 Å². The Morgan fingerprint density at radius 1 is 1.00 bits per heavy atom. The van der Waals surface area contributed by atoms with Crippen molar-refractivity contribution in [1.29, 1.82) is 0 Å². The Balaban J connectivity index is 3.43. The molecule has 0 N–H and O–H groups in total. The topological polar surface area (TPSA) is 0 Å². The molecule has 1 unspecified atom stereocenters. The first-order valence-corrected chi connectivity index (χ1v) is 5.77. The minimum absolute atomic E-state index is 0.664. The molecule has 0 aromatic rings. The van der Waals surface area contributed by atoms with Crippen LogP contribution in [-0.2, 0) is 0 Å². The van der Waals surface area contributed by atoms with Gasteiger partial charge in [0.1, 0.15) is 0 Å². The van der Waals surface area contributed by atoms with Crippen molar-refractivity contribution in [2.24, 2.45) is 5.92 Å². The molecule has 80 valence electrons. The molecule has 0 heterocycles. The van der Waals surface area contributed by atoms with Crippen molar-refractivity contribution in [3.05, 3.63) is 37.0 Å². The summed E-state index contributed by atoms with van der Waals surface area (Å²) in [6.07, 6.45) is 17.0. The molecule has 0 spiro atoms. The van der Waals surface area contributed by atoms with Gasteiger partial charge in [-0.1, -0.05) is 44.2 Å². The third-order valence-electron chi connectivity index (χ3n) is 2.37. The molecule has 0 aliphatic rings. The minimum Gasteiger partial charge on any atom is -0.103 e. The van der Waals surface area contributed by atoms with Gasteiger partial charge in [-0.05, 0) is 38.0 Å². The second-order valence-electron chi connectivity index (χ2n) is 3.57. The molecule has 0 aliphatic carbocycles. The Labute approximate surface area is 89.4 Å². The Hall–Kier alpha value is -0.780. The molecular formula is C14H24. The maximum Gasteiger partial charge on any atom is -0.0204 e. The predicted octanol–water partition coefficient (Wildman–Crippen LogP) is 4.89. The van der Waals surface area contributed by atoms with E-state index >= 15 is 0 Å². The highest BCUT2D eigenvalue weighted by molar-refractivity contribution is 4.91. The molecule has 0 amide bonds. The summed E-state index contributed by atoms with van der Waals surface area (Å²) in [5.41, 5.74) is 0. The molecule has 0 saturated carbocycles. The molecule has 0 aromatic heterocycles. The maximum absolute atomic E-state index is 3.83. The van der Waals surface area contributed by atoms with Crippen LogP contribution in [0.3, 0.4) is 0 Å². The third kappa shape index (κ3) is 7.85. The standard InChI is InChI=1S/C14H24/c1-4-7-8-9-10-11-12-13-14(5-2)6-3/h5,7-8,11-12,14H,2,4,6,9-10,13H2,1,3H3/b8-7+,12-11+. The Kier molecular flexibility index (Phi) is 9.73. The Morgan fingerprint density at radius 3 is 2.14 bits per heavy atom. The molecular weight excluding hydrogens is 168 g/mol. The molecule has 0 aliphatic heterocycles. The maximum atomic E-state index is 3.83. The molecule has 0 fully saturated rings. The lowest BCUT2D eigenvalue weighted by Crippen LogP contribution is -1.89. The van der Waals surface area contributed by atoms with Crippen LogP contribution in [0.1, 0.15) is 46.0 Å². The van der Waals surface area contributed by atoms with E-state index in [-0.39, 0.29) is 0 Å². The first-order chi connectivity index (χ1) is 6.85. The second-order valence-corrected chi connectivity index (χ2v) is 3.57. The summed E-state index contributed by atoms with van der Waals surface area (Å²) in [5, 5.41) is 0. The normalized spacial score (nSPS) is 13.9. The van der Waals surface area contributed by atoms with Gasteiger partial charge in [-0.3, -0.25) is 0 Å². The first-order valence-electron chi connectivity index (χ1n) is 5.77. The summed E-state index contributed by atoms with van der Waals surface area (Å²) in [6, 6.07) is 0. The predicted molar refractivity (Wildman–Crippen MR) is 66.4 cm³/mol. The zero-order valence-corrected chi connectivity index (χ0v) is 9.71. The molecule has 0 aromatic carbocycles. The SMILES string of the molecule is C=CC(CC)C/C=C/CC/C=C/CC. The third-order valence-corrected chi connectivity index (χ3v) is 2.37. The van der Waals surface area contributed by atoms with E-state index in [0.29, 0.717) is 5.92 Å². The van der Waals surface area contributed by atoms with Crippen molar-refractivity contribution in [3.63, 3.8) is 0 Å². The van der Waals surface area contributed by atoms with Gasteiger partial charge in [0.15, 0.2) is 0 Å². The van der Waals surface area contributed by atoms with Gasteiger partial charge in [0.05, 0.1) is 0 Å². The lowest BCUT2D eigenvalue weighted by Gasteiger charge is -2.03. The van der Waals surface area contributed by atoms with E-state index in [2.05, 4.69) is 50.8 Å². The van der Waals surface area contributed by atoms with Gasteiger partial charge in [-0.2, -0.15) is 0 Å². The highest BCUT2D eigenvalue weighted by Crippen LogP contribution is 2.09. The fourth-order valence-electron chi connectivity index (χ4n) is 1.30. The summed E-state index contributed by atoms with van der Waals surface area (Å²) in [6.45, 7) is 8.21. The summed E-state index contributed by atoms with van der Waals surface area (Å²) in [4.78, 5) is 0. The van der Waals surface area contributed by atoms with Crippen LogP contribution in [0.25, 0.3) is 0 Å². The van der Waals surface area contributed by atoms with Gasteiger partial charge < -0.3 is 0 Å². The monoisotopic (exact) mass is 192 g/mol. The van der Waals surface area contributed by atoms with Gasteiger partial charge in [0, 0.05) is 0 Å². The van der Waals surface area contributed by atoms with Gasteiger partial charge in [0.25, 0.3) is 0 Å². The highest BCUT2D eigenvalue weighted by Gasteiger charge is 1.95. The lowest BCUT2D eigenvalue weighted by molar-refractivity contribution is 0.638. The fraction of sp³-hybridized carbons (Fsp3) is 0.571. The molecule has 0 saturated heterocycles. The fourth-order valence-corrected chi connectivity index (χ4v) is 1.30. The van der Waals surface area contributed by atoms with E-state index in [1.54, 1.807) is 0 Å². The van der Waals surface area contributed by atoms with Crippen LogP contribution in [0, 0.1) is 5.92 Å². The summed E-state index contributed by atoms with van der Waals surface area (Å²) >= 11 is 0. The van der Waals surface area contributed by atoms with Crippen LogP contribution in [0.5, 0.6) is 0 Å². The van der Waals surface area contributed by atoms with Crippen molar-refractivity contribution >= 4 is 0 Å².